The lowest BCUT2D eigenvalue weighted by molar-refractivity contribution is -0.115. The Morgan fingerprint density at radius 3 is 2.27 bits per heavy atom. The summed E-state index contributed by atoms with van der Waals surface area (Å²) in [6.07, 6.45) is -0.238. The first-order chi connectivity index (χ1) is 14.3. The van der Waals surface area contributed by atoms with Crippen LogP contribution in [-0.4, -0.2) is 25.9 Å². The van der Waals surface area contributed by atoms with Crippen LogP contribution in [0.4, 0.5) is 5.69 Å². The van der Waals surface area contributed by atoms with Gasteiger partial charge in [0.05, 0.1) is 16.3 Å². The fraction of sp³-hybridized carbons (Fsp3) is 0.130. The van der Waals surface area contributed by atoms with Crippen LogP contribution in [-0.2, 0) is 14.6 Å². The average Bonchev–Trinajstić information content (AvgIpc) is 2.74. The number of halogens is 1. The second-order valence-electron chi connectivity index (χ2n) is 6.82. The van der Waals surface area contributed by atoms with E-state index in [9.17, 15) is 18.0 Å². The van der Waals surface area contributed by atoms with Crippen LogP contribution >= 0.6 is 11.6 Å². The molecule has 0 saturated heterocycles. The van der Waals surface area contributed by atoms with Crippen LogP contribution in [0, 0.1) is 6.92 Å². The zero-order chi connectivity index (χ0) is 21.7. The highest BCUT2D eigenvalue weighted by atomic mass is 35.5. The molecular weight excluding hydrogens is 422 g/mol. The molecule has 0 aliphatic heterocycles. The van der Waals surface area contributed by atoms with Crippen molar-refractivity contribution in [3.63, 3.8) is 0 Å². The molecule has 3 aromatic rings. The predicted molar refractivity (Wildman–Crippen MR) is 118 cm³/mol. The lowest BCUT2D eigenvalue weighted by atomic mass is 10.0. The lowest BCUT2D eigenvalue weighted by Gasteiger charge is -2.11. The molecule has 3 rings (SSSR count). The van der Waals surface area contributed by atoms with Crippen molar-refractivity contribution in [2.45, 2.75) is 18.2 Å². The summed E-state index contributed by atoms with van der Waals surface area (Å²) in [7, 11) is -3.59. The van der Waals surface area contributed by atoms with Gasteiger partial charge >= 0.3 is 0 Å². The molecule has 0 bridgehead atoms. The molecule has 1 amide bonds. The zero-order valence-electron chi connectivity index (χ0n) is 16.3. The quantitative estimate of drug-likeness (QED) is 0.540. The van der Waals surface area contributed by atoms with E-state index in [4.69, 9.17) is 11.6 Å². The molecule has 1 N–H and O–H groups in total. The molecule has 0 aromatic heterocycles. The number of nitrogens with one attached hydrogen (secondary N) is 1. The van der Waals surface area contributed by atoms with Gasteiger partial charge in [-0.25, -0.2) is 8.42 Å². The van der Waals surface area contributed by atoms with Gasteiger partial charge in [0.15, 0.2) is 15.6 Å². The van der Waals surface area contributed by atoms with Crippen molar-refractivity contribution in [1.82, 2.24) is 0 Å². The standard InChI is InChI=1S/C23H20ClNO4S/c1-16-7-10-19(11-8-16)30(28,29)14-13-22(26)25-21-12-9-18(24)15-20(21)23(27)17-5-3-2-4-6-17/h2-12,15H,13-14H2,1H3,(H,25,26). The minimum Gasteiger partial charge on any atom is -0.325 e. The van der Waals surface area contributed by atoms with Gasteiger partial charge in [0, 0.05) is 22.6 Å². The third-order valence-corrected chi connectivity index (χ3v) is 6.48. The molecular formula is C23H20ClNO4S. The number of aryl methyl sites for hydroxylation is 1. The van der Waals surface area contributed by atoms with Crippen molar-refractivity contribution < 1.29 is 18.0 Å². The highest BCUT2D eigenvalue weighted by molar-refractivity contribution is 7.91. The third-order valence-electron chi connectivity index (χ3n) is 4.51. The summed E-state index contributed by atoms with van der Waals surface area (Å²) in [4.78, 5) is 25.4. The Hall–Kier alpha value is -2.96. The first kappa shape index (κ1) is 21.7. The van der Waals surface area contributed by atoms with E-state index in [-0.39, 0.29) is 34.1 Å². The lowest BCUT2D eigenvalue weighted by Crippen LogP contribution is -2.19. The number of carbonyl (C=O) groups excluding carboxylic acids is 2. The summed E-state index contributed by atoms with van der Waals surface area (Å²) in [5.74, 6) is -1.13. The van der Waals surface area contributed by atoms with E-state index in [1.165, 1.54) is 24.3 Å². The molecule has 0 aliphatic carbocycles. The monoisotopic (exact) mass is 441 g/mol. The largest absolute Gasteiger partial charge is 0.325 e. The molecule has 0 unspecified atom stereocenters. The maximum Gasteiger partial charge on any atom is 0.225 e. The highest BCUT2D eigenvalue weighted by Crippen LogP contribution is 2.24. The summed E-state index contributed by atoms with van der Waals surface area (Å²) in [6.45, 7) is 1.87. The van der Waals surface area contributed by atoms with Gasteiger partial charge in [-0.15, -0.1) is 0 Å². The summed E-state index contributed by atoms with van der Waals surface area (Å²) < 4.78 is 24.9. The van der Waals surface area contributed by atoms with E-state index in [1.807, 2.05) is 6.92 Å². The average molecular weight is 442 g/mol. The Morgan fingerprint density at radius 1 is 0.933 bits per heavy atom. The SMILES string of the molecule is Cc1ccc(S(=O)(=O)CCC(=O)Nc2ccc(Cl)cc2C(=O)c2ccccc2)cc1. The number of anilines is 1. The Balaban J connectivity index is 1.74. The fourth-order valence-corrected chi connectivity index (χ4v) is 4.27. The smallest absolute Gasteiger partial charge is 0.225 e. The van der Waals surface area contributed by atoms with Gasteiger partial charge in [-0.2, -0.15) is 0 Å². The van der Waals surface area contributed by atoms with Crippen LogP contribution in [0.25, 0.3) is 0 Å². The Morgan fingerprint density at radius 2 is 1.60 bits per heavy atom. The maximum atomic E-state index is 12.8. The number of rotatable bonds is 7. The first-order valence-corrected chi connectivity index (χ1v) is 11.3. The van der Waals surface area contributed by atoms with Gasteiger partial charge < -0.3 is 5.32 Å². The molecule has 7 heteroatoms. The Bertz CT molecular complexity index is 1170. The van der Waals surface area contributed by atoms with Gasteiger partial charge in [0.2, 0.25) is 5.91 Å². The normalized spacial score (nSPS) is 11.1. The highest BCUT2D eigenvalue weighted by Gasteiger charge is 2.19. The number of ketones is 1. The van der Waals surface area contributed by atoms with Gasteiger partial charge in [0.1, 0.15) is 0 Å². The van der Waals surface area contributed by atoms with E-state index < -0.39 is 15.7 Å². The minimum absolute atomic E-state index is 0.173. The maximum absolute atomic E-state index is 12.8. The van der Waals surface area contributed by atoms with Crippen molar-refractivity contribution in [3.05, 3.63) is 94.5 Å². The van der Waals surface area contributed by atoms with Crippen molar-refractivity contribution in [3.8, 4) is 0 Å². The molecule has 30 heavy (non-hydrogen) atoms. The van der Waals surface area contributed by atoms with Crippen molar-refractivity contribution in [2.75, 3.05) is 11.1 Å². The molecule has 154 valence electrons. The molecule has 0 spiro atoms. The molecule has 0 aliphatic rings. The van der Waals surface area contributed by atoms with Gasteiger partial charge in [0.25, 0.3) is 0 Å². The second kappa shape index (κ2) is 9.24. The topological polar surface area (TPSA) is 80.3 Å². The first-order valence-electron chi connectivity index (χ1n) is 9.25. The van der Waals surface area contributed by atoms with Crippen molar-refractivity contribution >= 4 is 38.8 Å². The Labute approximate surface area is 180 Å². The van der Waals surface area contributed by atoms with Gasteiger partial charge in [-0.3, -0.25) is 9.59 Å². The molecule has 0 radical (unpaired) electrons. The number of hydrogen-bond donors (Lipinski definition) is 1. The zero-order valence-corrected chi connectivity index (χ0v) is 17.8. The van der Waals surface area contributed by atoms with Crippen LogP contribution < -0.4 is 5.32 Å². The summed E-state index contributed by atoms with van der Waals surface area (Å²) in [5.41, 5.74) is 1.93. The number of carbonyl (C=O) groups is 2. The van der Waals surface area contributed by atoms with Crippen LogP contribution in [0.15, 0.2) is 77.7 Å². The van der Waals surface area contributed by atoms with Gasteiger partial charge in [-0.1, -0.05) is 59.6 Å². The second-order valence-corrected chi connectivity index (χ2v) is 9.36. The van der Waals surface area contributed by atoms with Crippen LogP contribution in [0.2, 0.25) is 5.02 Å². The van der Waals surface area contributed by atoms with Crippen molar-refractivity contribution in [2.24, 2.45) is 0 Å². The van der Waals surface area contributed by atoms with E-state index in [2.05, 4.69) is 5.32 Å². The van der Waals surface area contributed by atoms with E-state index in [0.29, 0.717) is 10.6 Å². The molecule has 5 nitrogen and oxygen atoms in total. The molecule has 0 fully saturated rings. The van der Waals surface area contributed by atoms with Gasteiger partial charge in [-0.05, 0) is 37.3 Å². The predicted octanol–water partition coefficient (Wildman–Crippen LogP) is 4.68. The number of benzene rings is 3. The number of sulfone groups is 1. The van der Waals surface area contributed by atoms with Crippen LogP contribution in [0.5, 0.6) is 0 Å². The van der Waals surface area contributed by atoms with Crippen LogP contribution in [0.1, 0.15) is 27.9 Å². The van der Waals surface area contributed by atoms with E-state index in [1.54, 1.807) is 48.5 Å². The Kier molecular flexibility index (Phi) is 6.70. The summed E-state index contributed by atoms with van der Waals surface area (Å²) in [5, 5.41) is 2.99. The van der Waals surface area contributed by atoms with Crippen LogP contribution in [0.3, 0.4) is 0 Å². The fourth-order valence-electron chi connectivity index (χ4n) is 2.86. The molecule has 0 atom stereocenters. The molecule has 0 heterocycles. The molecule has 3 aromatic carbocycles. The third kappa shape index (κ3) is 5.34. The number of amides is 1. The van der Waals surface area contributed by atoms with E-state index in [0.717, 1.165) is 5.56 Å². The summed E-state index contributed by atoms with van der Waals surface area (Å²) >= 11 is 6.04. The van der Waals surface area contributed by atoms with Crippen molar-refractivity contribution in [1.29, 1.82) is 0 Å². The molecule has 0 saturated carbocycles. The number of hydrogen-bond acceptors (Lipinski definition) is 4. The minimum atomic E-state index is -3.59. The van der Waals surface area contributed by atoms with E-state index >= 15 is 0 Å². The summed E-state index contributed by atoms with van der Waals surface area (Å²) in [6, 6.07) is 19.7.